The van der Waals surface area contributed by atoms with Gasteiger partial charge in [-0.3, -0.25) is 9.59 Å². The molecule has 1 aliphatic rings. The average molecular weight is 343 g/mol. The number of pyridine rings is 1. The van der Waals surface area contributed by atoms with Crippen LogP contribution >= 0.6 is 0 Å². The summed E-state index contributed by atoms with van der Waals surface area (Å²) < 4.78 is 6.65. The van der Waals surface area contributed by atoms with Crippen LogP contribution in [0, 0.1) is 5.92 Å². The minimum absolute atomic E-state index is 0.00193. The van der Waals surface area contributed by atoms with Crippen molar-refractivity contribution in [2.24, 2.45) is 5.92 Å². The lowest BCUT2D eigenvalue weighted by molar-refractivity contribution is -0.129. The van der Waals surface area contributed by atoms with Gasteiger partial charge in [-0.05, 0) is 23.8 Å². The molecule has 1 N–H and O–H groups in total. The maximum Gasteiger partial charge on any atom is 0.225 e. The van der Waals surface area contributed by atoms with Crippen molar-refractivity contribution >= 4 is 11.8 Å². The second kappa shape index (κ2) is 7.89. The van der Waals surface area contributed by atoms with E-state index < -0.39 is 0 Å². The lowest BCUT2D eigenvalue weighted by Crippen LogP contribution is -2.33. The SMILES string of the molecule is COCCN1C[C@H](C(=O)NCc2ccnc(-n3cccn3)c2)CC1=O. The van der Waals surface area contributed by atoms with Crippen LogP contribution in [0.25, 0.3) is 5.82 Å². The Morgan fingerprint density at radius 1 is 1.44 bits per heavy atom. The van der Waals surface area contributed by atoms with Crippen LogP contribution in [0.4, 0.5) is 0 Å². The average Bonchev–Trinajstić information content (AvgIpc) is 3.28. The molecule has 25 heavy (non-hydrogen) atoms. The van der Waals surface area contributed by atoms with Gasteiger partial charge in [-0.1, -0.05) is 0 Å². The first kappa shape index (κ1) is 17.1. The predicted octanol–water partition coefficient (Wildman–Crippen LogP) is 0.378. The number of nitrogens with one attached hydrogen (secondary N) is 1. The van der Waals surface area contributed by atoms with Crippen LogP contribution in [0.2, 0.25) is 0 Å². The van der Waals surface area contributed by atoms with E-state index in [1.165, 1.54) is 0 Å². The van der Waals surface area contributed by atoms with Crippen LogP contribution in [-0.4, -0.2) is 58.3 Å². The Bertz CT molecular complexity index is 732. The molecular formula is C17H21N5O3. The van der Waals surface area contributed by atoms with Gasteiger partial charge in [0, 0.05) is 51.8 Å². The van der Waals surface area contributed by atoms with Crippen molar-refractivity contribution in [1.29, 1.82) is 0 Å². The molecule has 3 heterocycles. The monoisotopic (exact) mass is 343 g/mol. The number of carbonyl (C=O) groups is 2. The van der Waals surface area contributed by atoms with Crippen molar-refractivity contribution in [2.75, 3.05) is 26.8 Å². The van der Waals surface area contributed by atoms with E-state index in [1.807, 2.05) is 24.4 Å². The van der Waals surface area contributed by atoms with Crippen molar-refractivity contribution < 1.29 is 14.3 Å². The number of carbonyl (C=O) groups excluding carboxylic acids is 2. The third-order valence-electron chi connectivity index (χ3n) is 4.17. The molecule has 1 atom stereocenters. The molecule has 1 fully saturated rings. The van der Waals surface area contributed by atoms with Crippen molar-refractivity contribution in [3.63, 3.8) is 0 Å². The van der Waals surface area contributed by atoms with Crippen molar-refractivity contribution in [2.45, 2.75) is 13.0 Å². The summed E-state index contributed by atoms with van der Waals surface area (Å²) in [7, 11) is 1.59. The molecule has 3 rings (SSSR count). The van der Waals surface area contributed by atoms with Gasteiger partial charge in [-0.2, -0.15) is 5.10 Å². The molecular weight excluding hydrogens is 322 g/mol. The summed E-state index contributed by atoms with van der Waals surface area (Å²) in [4.78, 5) is 30.2. The second-order valence-corrected chi connectivity index (χ2v) is 5.92. The molecule has 2 amide bonds. The molecule has 2 aromatic rings. The third-order valence-corrected chi connectivity index (χ3v) is 4.17. The topological polar surface area (TPSA) is 89.3 Å². The van der Waals surface area contributed by atoms with Crippen molar-refractivity contribution in [3.05, 3.63) is 42.4 Å². The zero-order valence-electron chi connectivity index (χ0n) is 14.1. The number of aromatic nitrogens is 3. The number of rotatable bonds is 7. The Balaban J connectivity index is 1.54. The predicted molar refractivity (Wildman–Crippen MR) is 89.8 cm³/mol. The normalized spacial score (nSPS) is 17.1. The molecule has 1 saturated heterocycles. The Hall–Kier alpha value is -2.74. The van der Waals surface area contributed by atoms with Gasteiger partial charge in [-0.25, -0.2) is 9.67 Å². The summed E-state index contributed by atoms with van der Waals surface area (Å²) in [6.45, 7) is 1.84. The number of likely N-dealkylation sites (tertiary alicyclic amines) is 1. The lowest BCUT2D eigenvalue weighted by Gasteiger charge is -2.15. The van der Waals surface area contributed by atoms with Gasteiger partial charge in [-0.15, -0.1) is 0 Å². The molecule has 0 aromatic carbocycles. The van der Waals surface area contributed by atoms with Gasteiger partial charge < -0.3 is 15.0 Å². The molecule has 2 aromatic heterocycles. The lowest BCUT2D eigenvalue weighted by atomic mass is 10.1. The summed E-state index contributed by atoms with van der Waals surface area (Å²) in [5.41, 5.74) is 0.925. The molecule has 0 radical (unpaired) electrons. The first-order chi connectivity index (χ1) is 12.2. The maximum atomic E-state index is 12.3. The van der Waals surface area contributed by atoms with Crippen LogP contribution < -0.4 is 5.32 Å². The van der Waals surface area contributed by atoms with E-state index in [1.54, 1.807) is 29.1 Å². The van der Waals surface area contributed by atoms with Gasteiger partial charge in [0.25, 0.3) is 0 Å². The van der Waals surface area contributed by atoms with E-state index in [0.29, 0.717) is 32.1 Å². The van der Waals surface area contributed by atoms with E-state index in [9.17, 15) is 9.59 Å². The van der Waals surface area contributed by atoms with Gasteiger partial charge in [0.15, 0.2) is 5.82 Å². The number of amides is 2. The number of ether oxygens (including phenoxy) is 1. The molecule has 0 saturated carbocycles. The van der Waals surface area contributed by atoms with E-state index in [-0.39, 0.29) is 24.2 Å². The van der Waals surface area contributed by atoms with Gasteiger partial charge in [0.1, 0.15) is 0 Å². The molecule has 0 unspecified atom stereocenters. The summed E-state index contributed by atoms with van der Waals surface area (Å²) in [6.07, 6.45) is 5.43. The Labute approximate surface area is 145 Å². The Kier molecular flexibility index (Phi) is 5.39. The van der Waals surface area contributed by atoms with Crippen LogP contribution in [0.1, 0.15) is 12.0 Å². The third kappa shape index (κ3) is 4.21. The zero-order valence-corrected chi connectivity index (χ0v) is 14.1. The molecule has 8 nitrogen and oxygen atoms in total. The van der Waals surface area contributed by atoms with Crippen LogP contribution in [-0.2, 0) is 20.9 Å². The minimum Gasteiger partial charge on any atom is -0.383 e. The first-order valence-corrected chi connectivity index (χ1v) is 8.16. The van der Waals surface area contributed by atoms with E-state index >= 15 is 0 Å². The number of methoxy groups -OCH3 is 1. The van der Waals surface area contributed by atoms with Crippen LogP contribution in [0.15, 0.2) is 36.8 Å². The molecule has 132 valence electrons. The largest absolute Gasteiger partial charge is 0.383 e. The fourth-order valence-electron chi connectivity index (χ4n) is 2.80. The highest BCUT2D eigenvalue weighted by molar-refractivity contribution is 5.89. The first-order valence-electron chi connectivity index (χ1n) is 8.16. The Morgan fingerprint density at radius 2 is 2.32 bits per heavy atom. The molecule has 8 heteroatoms. The van der Waals surface area contributed by atoms with E-state index in [0.717, 1.165) is 5.56 Å². The highest BCUT2D eigenvalue weighted by Crippen LogP contribution is 2.18. The number of hydrogen-bond donors (Lipinski definition) is 1. The summed E-state index contributed by atoms with van der Waals surface area (Å²) in [5.74, 6) is 0.281. The summed E-state index contributed by atoms with van der Waals surface area (Å²) >= 11 is 0. The van der Waals surface area contributed by atoms with Crippen LogP contribution in [0.5, 0.6) is 0 Å². The molecule has 0 aliphatic carbocycles. The standard InChI is InChI=1S/C17H21N5O3/c1-25-8-7-21-12-14(10-16(21)23)17(24)19-11-13-3-5-18-15(9-13)22-6-2-4-20-22/h2-6,9,14H,7-8,10-12H2,1H3,(H,19,24)/t14-/m1/s1. The van der Waals surface area contributed by atoms with Gasteiger partial charge in [0.2, 0.25) is 11.8 Å². The zero-order chi connectivity index (χ0) is 17.6. The van der Waals surface area contributed by atoms with Crippen molar-refractivity contribution in [3.8, 4) is 5.82 Å². The van der Waals surface area contributed by atoms with E-state index in [4.69, 9.17) is 4.74 Å². The second-order valence-electron chi connectivity index (χ2n) is 5.92. The molecule has 1 aliphatic heterocycles. The smallest absolute Gasteiger partial charge is 0.225 e. The fourth-order valence-corrected chi connectivity index (χ4v) is 2.80. The van der Waals surface area contributed by atoms with E-state index in [2.05, 4.69) is 15.4 Å². The molecule has 0 bridgehead atoms. The summed E-state index contributed by atoms with van der Waals surface area (Å²) in [6, 6.07) is 5.54. The minimum atomic E-state index is -0.309. The molecule has 0 spiro atoms. The fraction of sp³-hybridized carbons (Fsp3) is 0.412. The van der Waals surface area contributed by atoms with Gasteiger partial charge in [0.05, 0.1) is 12.5 Å². The summed E-state index contributed by atoms with van der Waals surface area (Å²) in [5, 5.41) is 7.04. The quantitative estimate of drug-likeness (QED) is 0.785. The number of nitrogens with zero attached hydrogens (tertiary/aromatic N) is 4. The Morgan fingerprint density at radius 3 is 3.08 bits per heavy atom. The highest BCUT2D eigenvalue weighted by atomic mass is 16.5. The highest BCUT2D eigenvalue weighted by Gasteiger charge is 2.33. The maximum absolute atomic E-state index is 12.3. The van der Waals surface area contributed by atoms with Crippen molar-refractivity contribution in [1.82, 2.24) is 25.0 Å². The van der Waals surface area contributed by atoms with Crippen LogP contribution in [0.3, 0.4) is 0 Å². The van der Waals surface area contributed by atoms with Gasteiger partial charge >= 0.3 is 0 Å². The number of hydrogen-bond acceptors (Lipinski definition) is 5.